The first kappa shape index (κ1) is 24.5. The SMILES string of the molecule is C=CCn1c(SC(C(=O)Nc2ccccc2C(F)(F)F)C(C)C)nnc1-c1ccccc1F. The van der Waals surface area contributed by atoms with Gasteiger partial charge in [-0.25, -0.2) is 4.39 Å². The molecule has 0 aliphatic rings. The maximum atomic E-state index is 14.3. The minimum Gasteiger partial charge on any atom is -0.325 e. The lowest BCUT2D eigenvalue weighted by atomic mass is 10.1. The Bertz CT molecular complexity index is 1140. The lowest BCUT2D eigenvalue weighted by molar-refractivity contribution is -0.137. The van der Waals surface area contributed by atoms with Crippen molar-refractivity contribution in [1.82, 2.24) is 14.8 Å². The number of alkyl halides is 3. The highest BCUT2D eigenvalue weighted by molar-refractivity contribution is 8.00. The molecule has 0 fully saturated rings. The van der Waals surface area contributed by atoms with Crippen molar-refractivity contribution in [2.75, 3.05) is 5.32 Å². The zero-order chi connectivity index (χ0) is 24.2. The Kier molecular flexibility index (Phi) is 7.57. The maximum absolute atomic E-state index is 14.3. The van der Waals surface area contributed by atoms with Crippen molar-refractivity contribution in [2.24, 2.45) is 5.92 Å². The molecule has 10 heteroatoms. The lowest BCUT2D eigenvalue weighted by Gasteiger charge is -2.21. The Morgan fingerprint density at radius 3 is 2.45 bits per heavy atom. The van der Waals surface area contributed by atoms with Crippen molar-refractivity contribution >= 4 is 23.4 Å². The Morgan fingerprint density at radius 1 is 1.15 bits per heavy atom. The minimum absolute atomic E-state index is 0.239. The van der Waals surface area contributed by atoms with E-state index < -0.39 is 28.7 Å². The second kappa shape index (κ2) is 10.2. The van der Waals surface area contributed by atoms with Gasteiger partial charge in [0, 0.05) is 6.54 Å². The number of para-hydroxylation sites is 1. The number of rotatable bonds is 8. The standard InChI is InChI=1S/C23H22F4N4OS/c1-4-13-31-20(15-9-5-7-11-17(15)24)29-30-22(31)33-19(14(2)3)21(32)28-18-12-8-6-10-16(18)23(25,26)27/h4-12,14,19H,1,13H2,2-3H3,(H,28,32). The molecule has 1 amide bonds. The summed E-state index contributed by atoms with van der Waals surface area (Å²) in [7, 11) is 0. The van der Waals surface area contributed by atoms with Gasteiger partial charge >= 0.3 is 6.18 Å². The number of hydrogen-bond acceptors (Lipinski definition) is 4. The van der Waals surface area contributed by atoms with Gasteiger partial charge in [0.25, 0.3) is 0 Å². The van der Waals surface area contributed by atoms with E-state index in [1.165, 1.54) is 24.3 Å². The molecule has 0 aliphatic carbocycles. The molecule has 1 atom stereocenters. The van der Waals surface area contributed by atoms with E-state index in [4.69, 9.17) is 0 Å². The predicted molar refractivity (Wildman–Crippen MR) is 120 cm³/mol. The van der Waals surface area contributed by atoms with Crippen LogP contribution in [0.2, 0.25) is 0 Å². The first-order chi connectivity index (χ1) is 15.6. The molecule has 1 heterocycles. The average molecular weight is 479 g/mol. The summed E-state index contributed by atoms with van der Waals surface area (Å²) in [5.41, 5.74) is -1.01. The number of halogens is 4. The van der Waals surface area contributed by atoms with Gasteiger partial charge in [-0.2, -0.15) is 13.2 Å². The summed E-state index contributed by atoms with van der Waals surface area (Å²) in [5.74, 6) is -1.07. The van der Waals surface area contributed by atoms with Crippen LogP contribution < -0.4 is 5.32 Å². The summed E-state index contributed by atoms with van der Waals surface area (Å²) in [6, 6.07) is 10.9. The molecule has 3 aromatic rings. The molecule has 1 N–H and O–H groups in total. The van der Waals surface area contributed by atoms with Crippen LogP contribution in [-0.4, -0.2) is 25.9 Å². The number of allylic oxidation sites excluding steroid dienone is 1. The first-order valence-electron chi connectivity index (χ1n) is 10.1. The molecule has 1 aromatic heterocycles. The van der Waals surface area contributed by atoms with Crippen LogP contribution in [0, 0.1) is 11.7 Å². The van der Waals surface area contributed by atoms with E-state index in [0.29, 0.717) is 5.16 Å². The number of nitrogens with one attached hydrogen (secondary N) is 1. The van der Waals surface area contributed by atoms with E-state index in [0.717, 1.165) is 17.8 Å². The van der Waals surface area contributed by atoms with E-state index >= 15 is 0 Å². The molecule has 174 valence electrons. The fourth-order valence-corrected chi connectivity index (χ4v) is 4.20. The summed E-state index contributed by atoms with van der Waals surface area (Å²) in [6.07, 6.45) is -3.02. The van der Waals surface area contributed by atoms with Crippen molar-refractivity contribution in [3.8, 4) is 11.4 Å². The zero-order valence-electron chi connectivity index (χ0n) is 17.9. The molecule has 1 unspecified atom stereocenters. The molecular weight excluding hydrogens is 456 g/mol. The summed E-state index contributed by atoms with van der Waals surface area (Å²) >= 11 is 1.05. The van der Waals surface area contributed by atoms with Gasteiger partial charge in [0.1, 0.15) is 5.82 Å². The van der Waals surface area contributed by atoms with Crippen molar-refractivity contribution in [1.29, 1.82) is 0 Å². The summed E-state index contributed by atoms with van der Waals surface area (Å²) in [4.78, 5) is 13.0. The van der Waals surface area contributed by atoms with Crippen molar-refractivity contribution in [3.63, 3.8) is 0 Å². The van der Waals surface area contributed by atoms with Crippen LogP contribution in [0.5, 0.6) is 0 Å². The summed E-state index contributed by atoms with van der Waals surface area (Å²) in [5, 5.41) is 10.2. The molecule has 0 spiro atoms. The third-order valence-electron chi connectivity index (χ3n) is 4.73. The minimum atomic E-state index is -4.61. The van der Waals surface area contributed by atoms with Crippen LogP contribution in [0.4, 0.5) is 23.2 Å². The van der Waals surface area contributed by atoms with E-state index in [-0.39, 0.29) is 29.5 Å². The summed E-state index contributed by atoms with van der Waals surface area (Å²) in [6.45, 7) is 7.51. The number of thioether (sulfide) groups is 1. The van der Waals surface area contributed by atoms with Crippen LogP contribution in [-0.2, 0) is 17.5 Å². The topological polar surface area (TPSA) is 59.8 Å². The van der Waals surface area contributed by atoms with Gasteiger partial charge in [0.2, 0.25) is 5.91 Å². The monoisotopic (exact) mass is 478 g/mol. The number of carbonyl (C=O) groups is 1. The van der Waals surface area contributed by atoms with E-state index in [1.54, 1.807) is 42.7 Å². The molecule has 0 bridgehead atoms. The number of carbonyl (C=O) groups excluding carboxylic acids is 1. The predicted octanol–water partition coefficient (Wildman–Crippen LogP) is 6.04. The largest absolute Gasteiger partial charge is 0.418 e. The average Bonchev–Trinajstić information content (AvgIpc) is 3.14. The molecular formula is C23H22F4N4OS. The molecule has 33 heavy (non-hydrogen) atoms. The highest BCUT2D eigenvalue weighted by Crippen LogP contribution is 2.36. The van der Waals surface area contributed by atoms with E-state index in [1.807, 2.05) is 0 Å². The molecule has 3 rings (SSSR count). The molecule has 5 nitrogen and oxygen atoms in total. The zero-order valence-corrected chi connectivity index (χ0v) is 18.8. The molecule has 0 saturated heterocycles. The fraction of sp³-hybridized carbons (Fsp3) is 0.261. The van der Waals surface area contributed by atoms with Gasteiger partial charge in [0.15, 0.2) is 11.0 Å². The quantitative estimate of drug-likeness (QED) is 0.243. The van der Waals surface area contributed by atoms with Gasteiger partial charge in [-0.1, -0.05) is 56.0 Å². The first-order valence-corrected chi connectivity index (χ1v) is 10.9. The lowest BCUT2D eigenvalue weighted by Crippen LogP contribution is -2.31. The molecule has 2 aromatic carbocycles. The Labute approximate surface area is 192 Å². The van der Waals surface area contributed by atoms with Crippen LogP contribution >= 0.6 is 11.8 Å². The van der Waals surface area contributed by atoms with Crippen molar-refractivity contribution in [3.05, 3.63) is 72.6 Å². The molecule has 0 aliphatic heterocycles. The molecule has 0 radical (unpaired) electrons. The van der Waals surface area contributed by atoms with Gasteiger partial charge in [0.05, 0.1) is 22.1 Å². The highest BCUT2D eigenvalue weighted by atomic mass is 32.2. The number of amides is 1. The third-order valence-corrected chi connectivity index (χ3v) is 6.26. The fourth-order valence-electron chi connectivity index (χ4n) is 3.16. The third kappa shape index (κ3) is 5.62. The second-order valence-corrected chi connectivity index (χ2v) is 8.61. The number of hydrogen-bond donors (Lipinski definition) is 1. The van der Waals surface area contributed by atoms with E-state index in [2.05, 4.69) is 22.1 Å². The van der Waals surface area contributed by atoms with Crippen LogP contribution in [0.15, 0.2) is 66.3 Å². The maximum Gasteiger partial charge on any atom is 0.418 e. The number of benzene rings is 2. The number of nitrogens with zero attached hydrogens (tertiary/aromatic N) is 3. The van der Waals surface area contributed by atoms with Crippen molar-refractivity contribution < 1.29 is 22.4 Å². The van der Waals surface area contributed by atoms with E-state index in [9.17, 15) is 22.4 Å². The van der Waals surface area contributed by atoms with Gasteiger partial charge in [-0.05, 0) is 30.2 Å². The normalized spacial score (nSPS) is 12.6. The Morgan fingerprint density at radius 2 is 1.82 bits per heavy atom. The van der Waals surface area contributed by atoms with Crippen LogP contribution in [0.25, 0.3) is 11.4 Å². The molecule has 0 saturated carbocycles. The van der Waals surface area contributed by atoms with Crippen LogP contribution in [0.1, 0.15) is 19.4 Å². The number of anilines is 1. The van der Waals surface area contributed by atoms with Gasteiger partial charge < -0.3 is 5.32 Å². The van der Waals surface area contributed by atoms with Crippen molar-refractivity contribution in [2.45, 2.75) is 37.0 Å². The smallest absolute Gasteiger partial charge is 0.325 e. The number of aromatic nitrogens is 3. The summed E-state index contributed by atoms with van der Waals surface area (Å²) < 4.78 is 55.9. The highest BCUT2D eigenvalue weighted by Gasteiger charge is 2.35. The van der Waals surface area contributed by atoms with Gasteiger partial charge in [-0.15, -0.1) is 16.8 Å². The van der Waals surface area contributed by atoms with Crippen LogP contribution in [0.3, 0.4) is 0 Å². The second-order valence-electron chi connectivity index (χ2n) is 7.50. The van der Waals surface area contributed by atoms with Gasteiger partial charge in [-0.3, -0.25) is 9.36 Å². The Balaban J connectivity index is 1.92. The Hall–Kier alpha value is -3.14.